The number of carboxylic acids is 5. The van der Waals surface area contributed by atoms with Crippen molar-refractivity contribution in [2.24, 2.45) is 28.1 Å². The average molecular weight is 1380 g/mol. The average Bonchev–Trinajstić information content (AvgIpc) is 1.76. The molecule has 534 valence electrons. The van der Waals surface area contributed by atoms with E-state index in [9.17, 15) is 87.9 Å². The normalized spacial score (nSPS) is 14.2. The fraction of sp³-hybridized carbons (Fsp3) is 0.422. The number of nitrogens with one attached hydrogen (secondary N) is 11. The van der Waals surface area contributed by atoms with E-state index in [2.05, 4.69) is 62.8 Å². The molecule has 0 fully saturated rings. The number of hydrogen-bond donors (Lipinski definition) is 20. The van der Waals surface area contributed by atoms with E-state index in [1.54, 1.807) is 92.7 Å². The molecule has 35 heteroatoms. The topological polar surface area (TPSA) is 591 Å². The minimum Gasteiger partial charge on any atom is -0.481 e. The van der Waals surface area contributed by atoms with Gasteiger partial charge >= 0.3 is 29.8 Å². The zero-order valence-electron chi connectivity index (χ0n) is 54.0. The van der Waals surface area contributed by atoms with Gasteiger partial charge in [0.25, 0.3) is 0 Å². The number of guanidine groups is 1. The lowest BCUT2D eigenvalue weighted by atomic mass is 10.00. The minimum absolute atomic E-state index is 0.0163. The number of aromatic nitrogens is 2. The van der Waals surface area contributed by atoms with E-state index in [0.717, 1.165) is 0 Å². The van der Waals surface area contributed by atoms with Crippen LogP contribution in [0.4, 0.5) is 0 Å². The molecule has 0 spiro atoms. The predicted molar refractivity (Wildman–Crippen MR) is 352 cm³/mol. The largest absolute Gasteiger partial charge is 0.481 e. The zero-order valence-corrected chi connectivity index (χ0v) is 54.0. The summed E-state index contributed by atoms with van der Waals surface area (Å²) in [4.78, 5) is 197. The molecular formula is C64H83N15O20. The summed E-state index contributed by atoms with van der Waals surface area (Å²) in [6.45, 7) is 2.03. The summed E-state index contributed by atoms with van der Waals surface area (Å²) in [5.41, 5.74) is 19.4. The van der Waals surface area contributed by atoms with Crippen LogP contribution in [0.1, 0.15) is 88.3 Å². The van der Waals surface area contributed by atoms with Gasteiger partial charge < -0.3 is 106 Å². The van der Waals surface area contributed by atoms with Crippen LogP contribution < -0.4 is 65.1 Å². The van der Waals surface area contributed by atoms with Gasteiger partial charge in [0, 0.05) is 72.8 Å². The van der Waals surface area contributed by atoms with Crippen molar-refractivity contribution in [3.8, 4) is 0 Å². The Morgan fingerprint density at radius 1 is 0.434 bits per heavy atom. The zero-order chi connectivity index (χ0) is 73.0. The Morgan fingerprint density at radius 3 is 1.29 bits per heavy atom. The van der Waals surface area contributed by atoms with Gasteiger partial charge in [0.1, 0.15) is 54.4 Å². The van der Waals surface area contributed by atoms with Gasteiger partial charge in [-0.25, -0.2) is 4.79 Å². The summed E-state index contributed by atoms with van der Waals surface area (Å²) >= 11 is 0. The number of hydrogen-bond acceptors (Lipinski definition) is 17. The van der Waals surface area contributed by atoms with Crippen molar-refractivity contribution in [3.05, 3.63) is 108 Å². The number of aliphatic imine (C=N–C) groups is 1. The summed E-state index contributed by atoms with van der Waals surface area (Å²) in [6, 6.07) is 4.55. The molecule has 3 aromatic carbocycles. The van der Waals surface area contributed by atoms with E-state index < -0.39 is 201 Å². The number of amides is 9. The number of carbonyl (C=O) groups excluding carboxylic acids is 9. The number of aliphatic carboxylic acids is 5. The summed E-state index contributed by atoms with van der Waals surface area (Å²) in [6.07, 6.45) is -2.97. The maximum atomic E-state index is 15.1. The molecule has 99 heavy (non-hydrogen) atoms. The third kappa shape index (κ3) is 25.5. The molecule has 23 N–H and O–H groups in total. The van der Waals surface area contributed by atoms with Gasteiger partial charge in [0.2, 0.25) is 53.2 Å². The van der Waals surface area contributed by atoms with Crippen molar-refractivity contribution in [1.29, 1.82) is 0 Å². The molecule has 0 saturated carbocycles. The molecule has 0 unspecified atom stereocenters. The Morgan fingerprint density at radius 2 is 0.818 bits per heavy atom. The highest BCUT2D eigenvalue weighted by molar-refractivity contribution is 6.00. The van der Waals surface area contributed by atoms with Crippen LogP contribution in [0.5, 0.6) is 0 Å². The van der Waals surface area contributed by atoms with Gasteiger partial charge in [-0.15, -0.1) is 0 Å². The lowest BCUT2D eigenvalue weighted by molar-refractivity contribution is -0.144. The summed E-state index contributed by atoms with van der Waals surface area (Å²) < 4.78 is 0. The second kappa shape index (κ2) is 38.3. The van der Waals surface area contributed by atoms with Crippen molar-refractivity contribution < 1.29 is 97.8 Å². The van der Waals surface area contributed by atoms with Gasteiger partial charge in [-0.2, -0.15) is 0 Å². The molecule has 0 aliphatic rings. The number of carbonyl (C=O) groups is 14. The fourth-order valence-electron chi connectivity index (χ4n) is 10.4. The quantitative estimate of drug-likeness (QED) is 0.0107. The maximum Gasteiger partial charge on any atom is 0.326 e. The van der Waals surface area contributed by atoms with Crippen LogP contribution in [0.15, 0.2) is 96.2 Å². The van der Waals surface area contributed by atoms with Crippen LogP contribution in [0.25, 0.3) is 21.8 Å². The van der Waals surface area contributed by atoms with Crippen LogP contribution in [0.3, 0.4) is 0 Å². The van der Waals surface area contributed by atoms with E-state index in [1.165, 1.54) is 12.4 Å². The lowest BCUT2D eigenvalue weighted by Gasteiger charge is -2.28. The number of aliphatic hydroxyl groups is 1. The molecule has 5 rings (SSSR count). The molecule has 2 aromatic heterocycles. The molecule has 35 nitrogen and oxygen atoms in total. The highest BCUT2D eigenvalue weighted by Crippen LogP contribution is 2.22. The number of H-pyrrole nitrogens is 2. The Labute approximate surface area is 565 Å². The minimum atomic E-state index is -2.05. The second-order valence-corrected chi connectivity index (χ2v) is 23.6. The Bertz CT molecular complexity index is 3740. The third-order valence-corrected chi connectivity index (χ3v) is 15.4. The number of benzene rings is 3. The summed E-state index contributed by atoms with van der Waals surface area (Å²) in [5.74, 6) is -18.5. The van der Waals surface area contributed by atoms with Crippen LogP contribution in [-0.4, -0.2) is 203 Å². The number of nitrogens with zero attached hydrogens (tertiary/aromatic N) is 1. The highest BCUT2D eigenvalue weighted by Gasteiger charge is 2.37. The number of aliphatic hydroxyl groups excluding tert-OH is 1. The number of nitrogens with two attached hydrogens (primary N) is 3. The van der Waals surface area contributed by atoms with Gasteiger partial charge in [-0.1, -0.05) is 80.6 Å². The van der Waals surface area contributed by atoms with Crippen molar-refractivity contribution in [1.82, 2.24) is 57.8 Å². The molecule has 5 aromatic rings. The third-order valence-electron chi connectivity index (χ3n) is 15.4. The SMILES string of the molecule is CC(C)C[C@H](NC(=O)[C@H](CC(=O)O)NC(=O)[C@H](Cc1c[nH]c2ccccc12)NC(=O)[C@H](Cc1c[nH]c2ccccc12)NC(=O)[C@H](CO)NC(=O)[C@H](CCCN=C(N)N)NC(=O)[C@H](Cc1ccccc1)NC(=O)[C@@H](N)CC(=O)O)C(=O)N[C@@H](CCC(=O)O)C(=O)N[C@@H](CCC(=O)O)C(=O)O. The second-order valence-electron chi connectivity index (χ2n) is 23.6. The van der Waals surface area contributed by atoms with E-state index in [4.69, 9.17) is 22.3 Å². The molecule has 9 amide bonds. The lowest BCUT2D eigenvalue weighted by Crippen LogP contribution is -2.61. The van der Waals surface area contributed by atoms with Crippen molar-refractivity contribution >= 4 is 111 Å². The van der Waals surface area contributed by atoms with Crippen molar-refractivity contribution in [3.63, 3.8) is 0 Å². The first-order valence-corrected chi connectivity index (χ1v) is 31.3. The first kappa shape index (κ1) is 78.2. The highest BCUT2D eigenvalue weighted by atomic mass is 16.4. The molecular weight excluding hydrogens is 1300 g/mol. The molecule has 0 bridgehead atoms. The molecule has 0 aliphatic carbocycles. The van der Waals surface area contributed by atoms with Crippen LogP contribution in [-0.2, 0) is 86.4 Å². The monoisotopic (exact) mass is 1380 g/mol. The molecule has 0 radical (unpaired) electrons. The van der Waals surface area contributed by atoms with Gasteiger partial charge in [-0.3, -0.25) is 67.3 Å². The standard InChI is InChI=1S/C64H83N15O20/c1-32(2)23-44(57(92)72-42(18-20-50(81)82)56(91)73-43(63(98)99)19-21-51(83)84)75-61(96)48(28-53(87)88)78-60(95)46(25-34-29-69-39-15-8-6-13-36(34)39)76-59(94)47(26-35-30-70-40-16-9-7-14-37(35)40)77-62(97)49(31-80)79-55(90)41(17-10-22-68-64(66)67)71-58(93)45(24-33-11-4-3-5-12-33)74-54(89)38(65)27-52(85)86/h3-9,11-16,29-30,32,38,41-49,69-70,80H,10,17-28,31,65H2,1-2H3,(H,71,93)(H,72,92)(H,73,91)(H,74,89)(H,75,96)(H,76,94)(H,77,97)(H,78,95)(H,79,90)(H,81,82)(H,83,84)(H,85,86)(H,87,88)(H,98,99)(H4,66,67,68)/t38-,41-,42-,43-,44-,45-,46-,47-,48-,49-/m0/s1. The van der Waals surface area contributed by atoms with Gasteiger partial charge in [0.05, 0.1) is 25.5 Å². The summed E-state index contributed by atoms with van der Waals surface area (Å²) in [7, 11) is 0. The smallest absolute Gasteiger partial charge is 0.326 e. The predicted octanol–water partition coefficient (Wildman–Crippen LogP) is -2.78. The Balaban J connectivity index is 1.48. The first-order valence-electron chi connectivity index (χ1n) is 31.3. The van der Waals surface area contributed by atoms with Crippen molar-refractivity contribution in [2.45, 2.75) is 151 Å². The number of fused-ring (bicyclic) bond motifs is 2. The Kier molecular flexibility index (Phi) is 30.3. The summed E-state index contributed by atoms with van der Waals surface area (Å²) in [5, 5.41) is 81.3. The Hall–Kier alpha value is -11.5. The fourth-order valence-corrected chi connectivity index (χ4v) is 10.4. The first-order chi connectivity index (χ1) is 46.9. The molecule has 0 saturated heterocycles. The van der Waals surface area contributed by atoms with E-state index in [-0.39, 0.29) is 44.6 Å². The van der Waals surface area contributed by atoms with Gasteiger partial charge in [0.15, 0.2) is 5.96 Å². The van der Waals surface area contributed by atoms with Gasteiger partial charge in [-0.05, 0) is 66.8 Å². The van der Waals surface area contributed by atoms with Crippen LogP contribution >= 0.6 is 0 Å². The van der Waals surface area contributed by atoms with E-state index in [0.29, 0.717) is 38.5 Å². The van der Waals surface area contributed by atoms with E-state index >= 15 is 4.79 Å². The maximum absolute atomic E-state index is 15.1. The van der Waals surface area contributed by atoms with Crippen molar-refractivity contribution in [2.75, 3.05) is 13.2 Å². The molecule has 10 atom stereocenters. The molecule has 2 heterocycles. The number of para-hydroxylation sites is 2. The van der Waals surface area contributed by atoms with Crippen LogP contribution in [0, 0.1) is 5.92 Å². The van der Waals surface area contributed by atoms with Crippen LogP contribution in [0.2, 0.25) is 0 Å². The number of aromatic amines is 2. The van der Waals surface area contributed by atoms with E-state index in [1.807, 2.05) is 0 Å². The number of rotatable bonds is 42. The number of carboxylic acid groups (broad SMARTS) is 5. The molecule has 0 aliphatic heterocycles.